The molecule has 1 aliphatic rings. The van der Waals surface area contributed by atoms with E-state index in [0.717, 1.165) is 24.8 Å². The SMILES string of the molecule is CC(C)[C@H]([NH2+]CC(=O)NC(=O)NCCC1=CCCCC1)c1ccc(F)cc1. The van der Waals surface area contributed by atoms with Crippen LogP contribution in [-0.2, 0) is 4.79 Å². The van der Waals surface area contributed by atoms with Crippen LogP contribution >= 0.6 is 0 Å². The first-order valence-electron chi connectivity index (χ1n) is 9.80. The number of benzene rings is 1. The summed E-state index contributed by atoms with van der Waals surface area (Å²) in [4.78, 5) is 23.9. The van der Waals surface area contributed by atoms with E-state index >= 15 is 0 Å². The first kappa shape index (κ1) is 21.1. The van der Waals surface area contributed by atoms with E-state index in [1.807, 2.05) is 5.32 Å². The Balaban J connectivity index is 1.72. The summed E-state index contributed by atoms with van der Waals surface area (Å²) in [5.41, 5.74) is 2.35. The maximum atomic E-state index is 13.1. The van der Waals surface area contributed by atoms with Crippen molar-refractivity contribution in [3.05, 3.63) is 47.3 Å². The van der Waals surface area contributed by atoms with E-state index < -0.39 is 6.03 Å². The molecule has 1 aliphatic carbocycles. The molecule has 1 aromatic carbocycles. The van der Waals surface area contributed by atoms with E-state index in [1.54, 1.807) is 12.1 Å². The van der Waals surface area contributed by atoms with E-state index in [1.165, 1.54) is 30.5 Å². The lowest BCUT2D eigenvalue weighted by Crippen LogP contribution is -2.88. The number of urea groups is 1. The van der Waals surface area contributed by atoms with Crippen molar-refractivity contribution in [2.24, 2.45) is 5.92 Å². The number of quaternary nitrogens is 1. The minimum absolute atomic E-state index is 0.0256. The predicted octanol–water partition coefficient (Wildman–Crippen LogP) is 2.80. The maximum Gasteiger partial charge on any atom is 0.321 e. The Kier molecular flexibility index (Phi) is 8.45. The molecule has 0 aromatic heterocycles. The highest BCUT2D eigenvalue weighted by molar-refractivity contribution is 5.94. The Hall–Kier alpha value is -2.21. The molecule has 5 nitrogen and oxygen atoms in total. The highest BCUT2D eigenvalue weighted by atomic mass is 19.1. The largest absolute Gasteiger partial charge is 0.337 e. The number of halogens is 1. The van der Waals surface area contributed by atoms with Gasteiger partial charge in [0.1, 0.15) is 11.9 Å². The molecule has 0 saturated carbocycles. The third-order valence-corrected chi connectivity index (χ3v) is 4.90. The highest BCUT2D eigenvalue weighted by Gasteiger charge is 2.21. The summed E-state index contributed by atoms with van der Waals surface area (Å²) in [5.74, 6) is -0.349. The summed E-state index contributed by atoms with van der Waals surface area (Å²) in [5, 5.41) is 7.00. The standard InChI is InChI=1S/C21H30FN3O2/c1-15(2)20(17-8-10-18(22)11-9-17)24-14-19(26)25-21(27)23-13-12-16-6-4-3-5-7-16/h6,8-11,15,20,24H,3-5,7,12-14H2,1-2H3,(H2,23,25,26,27)/p+1/t20-/m0/s1. The first-order chi connectivity index (χ1) is 13.0. The Labute approximate surface area is 160 Å². The maximum absolute atomic E-state index is 13.1. The van der Waals surface area contributed by atoms with E-state index in [-0.39, 0.29) is 30.2 Å². The second kappa shape index (κ2) is 10.8. The second-order valence-corrected chi connectivity index (χ2v) is 7.42. The van der Waals surface area contributed by atoms with Crippen molar-refractivity contribution in [2.45, 2.75) is 52.0 Å². The second-order valence-electron chi connectivity index (χ2n) is 7.42. The molecular formula is C21H31FN3O2+. The molecule has 0 spiro atoms. The van der Waals surface area contributed by atoms with Crippen LogP contribution in [0.2, 0.25) is 0 Å². The molecule has 1 atom stereocenters. The van der Waals surface area contributed by atoms with E-state index in [9.17, 15) is 14.0 Å². The molecule has 0 saturated heterocycles. The monoisotopic (exact) mass is 376 g/mol. The van der Waals surface area contributed by atoms with Crippen molar-refractivity contribution >= 4 is 11.9 Å². The normalized spacial score (nSPS) is 15.2. The Bertz CT molecular complexity index is 656. The smallest absolute Gasteiger partial charge is 0.321 e. The van der Waals surface area contributed by atoms with Crippen LogP contribution in [0, 0.1) is 11.7 Å². The molecule has 27 heavy (non-hydrogen) atoms. The van der Waals surface area contributed by atoms with Crippen LogP contribution in [0.3, 0.4) is 0 Å². The van der Waals surface area contributed by atoms with E-state index in [4.69, 9.17) is 0 Å². The van der Waals surface area contributed by atoms with Crippen LogP contribution in [0.25, 0.3) is 0 Å². The number of carbonyl (C=O) groups excluding carboxylic acids is 2. The van der Waals surface area contributed by atoms with Crippen molar-refractivity contribution in [3.8, 4) is 0 Å². The van der Waals surface area contributed by atoms with Gasteiger partial charge >= 0.3 is 6.03 Å². The Morgan fingerprint density at radius 2 is 1.93 bits per heavy atom. The quantitative estimate of drug-likeness (QED) is 0.610. The van der Waals surface area contributed by atoms with E-state index in [2.05, 4.69) is 30.6 Å². The summed E-state index contributed by atoms with van der Waals surface area (Å²) in [6.45, 7) is 4.78. The van der Waals surface area contributed by atoms with Crippen LogP contribution in [-0.4, -0.2) is 25.0 Å². The van der Waals surface area contributed by atoms with Gasteiger partial charge in [-0.2, -0.15) is 0 Å². The predicted molar refractivity (Wildman–Crippen MR) is 103 cm³/mol. The number of amides is 3. The van der Waals surface area contributed by atoms with Crippen molar-refractivity contribution in [3.63, 3.8) is 0 Å². The molecule has 2 rings (SSSR count). The average Bonchev–Trinajstić information content (AvgIpc) is 2.64. The summed E-state index contributed by atoms with van der Waals surface area (Å²) in [6.07, 6.45) is 7.80. The van der Waals surface area contributed by atoms with Crippen LogP contribution in [0.1, 0.15) is 57.6 Å². The average molecular weight is 376 g/mol. The van der Waals surface area contributed by atoms with Gasteiger partial charge in [0.15, 0.2) is 6.54 Å². The first-order valence-corrected chi connectivity index (χ1v) is 9.80. The Morgan fingerprint density at radius 1 is 1.19 bits per heavy atom. The zero-order valence-corrected chi connectivity index (χ0v) is 16.3. The molecule has 0 radical (unpaired) electrons. The number of imide groups is 1. The number of nitrogens with two attached hydrogens (primary N) is 1. The summed E-state index contributed by atoms with van der Waals surface area (Å²) in [7, 11) is 0. The number of rotatable bonds is 8. The number of allylic oxidation sites excluding steroid dienone is 1. The van der Waals surface area contributed by atoms with Gasteiger partial charge in [-0.1, -0.05) is 37.6 Å². The fraction of sp³-hybridized carbons (Fsp3) is 0.524. The number of carbonyl (C=O) groups is 2. The third kappa shape index (κ3) is 7.51. The van der Waals surface area contributed by atoms with Crippen LogP contribution < -0.4 is 16.0 Å². The van der Waals surface area contributed by atoms with Gasteiger partial charge in [0.05, 0.1) is 0 Å². The van der Waals surface area contributed by atoms with Gasteiger partial charge in [0.25, 0.3) is 5.91 Å². The third-order valence-electron chi connectivity index (χ3n) is 4.90. The van der Waals surface area contributed by atoms with E-state index in [0.29, 0.717) is 6.54 Å². The van der Waals surface area contributed by atoms with Crippen molar-refractivity contribution in [1.29, 1.82) is 0 Å². The lowest BCUT2D eigenvalue weighted by Gasteiger charge is -2.19. The van der Waals surface area contributed by atoms with Gasteiger partial charge in [0, 0.05) is 18.0 Å². The molecule has 1 aromatic rings. The number of hydrogen-bond donors (Lipinski definition) is 3. The lowest BCUT2D eigenvalue weighted by atomic mass is 9.96. The number of nitrogens with one attached hydrogen (secondary N) is 2. The molecule has 0 fully saturated rings. The topological polar surface area (TPSA) is 74.8 Å². The molecular weight excluding hydrogens is 345 g/mol. The van der Waals surface area contributed by atoms with Crippen molar-refractivity contribution < 1.29 is 19.3 Å². The molecule has 3 amide bonds. The van der Waals surface area contributed by atoms with Crippen LogP contribution in [0.4, 0.5) is 9.18 Å². The molecule has 148 valence electrons. The molecule has 0 bridgehead atoms. The molecule has 4 N–H and O–H groups in total. The van der Waals surface area contributed by atoms with Gasteiger partial charge in [-0.25, -0.2) is 9.18 Å². The molecule has 0 heterocycles. The van der Waals surface area contributed by atoms with Crippen molar-refractivity contribution in [1.82, 2.24) is 10.6 Å². The molecule has 0 unspecified atom stereocenters. The van der Waals surface area contributed by atoms with Gasteiger partial charge in [-0.15, -0.1) is 0 Å². The lowest BCUT2D eigenvalue weighted by molar-refractivity contribution is -0.692. The summed E-state index contributed by atoms with van der Waals surface area (Å²) < 4.78 is 13.1. The highest BCUT2D eigenvalue weighted by Crippen LogP contribution is 2.19. The molecule has 6 heteroatoms. The fourth-order valence-corrected chi connectivity index (χ4v) is 3.40. The minimum atomic E-state index is -0.451. The Morgan fingerprint density at radius 3 is 2.56 bits per heavy atom. The van der Waals surface area contributed by atoms with Gasteiger partial charge < -0.3 is 10.6 Å². The minimum Gasteiger partial charge on any atom is -0.337 e. The number of hydrogen-bond acceptors (Lipinski definition) is 2. The van der Waals surface area contributed by atoms with Gasteiger partial charge in [-0.3, -0.25) is 10.1 Å². The van der Waals surface area contributed by atoms with Gasteiger partial charge in [-0.05, 0) is 44.2 Å². The molecule has 0 aliphatic heterocycles. The zero-order valence-electron chi connectivity index (χ0n) is 16.3. The van der Waals surface area contributed by atoms with Crippen LogP contribution in [0.15, 0.2) is 35.9 Å². The zero-order chi connectivity index (χ0) is 19.6. The van der Waals surface area contributed by atoms with Crippen LogP contribution in [0.5, 0.6) is 0 Å². The summed E-state index contributed by atoms with van der Waals surface area (Å²) in [6, 6.07) is 5.90. The van der Waals surface area contributed by atoms with Crippen molar-refractivity contribution in [2.75, 3.05) is 13.1 Å². The summed E-state index contributed by atoms with van der Waals surface area (Å²) >= 11 is 0. The fourth-order valence-electron chi connectivity index (χ4n) is 3.40. The van der Waals surface area contributed by atoms with Gasteiger partial charge in [0.2, 0.25) is 0 Å².